The Kier molecular flexibility index (Phi) is 6.21. The van der Waals surface area contributed by atoms with Gasteiger partial charge in [0.1, 0.15) is 15.5 Å². The van der Waals surface area contributed by atoms with Crippen molar-refractivity contribution in [3.8, 4) is 5.69 Å². The van der Waals surface area contributed by atoms with Gasteiger partial charge in [-0.2, -0.15) is 15.0 Å². The number of nitrogens with zero attached hydrogens (tertiary/aromatic N) is 4. The number of rotatable bonds is 7. The van der Waals surface area contributed by atoms with Crippen LogP contribution in [0.15, 0.2) is 30.6 Å². The van der Waals surface area contributed by atoms with Crippen LogP contribution in [0.5, 0.6) is 0 Å². The van der Waals surface area contributed by atoms with Crippen LogP contribution >= 0.6 is 11.6 Å². The highest BCUT2D eigenvalue weighted by atomic mass is 35.5. The highest BCUT2D eigenvalue weighted by Gasteiger charge is 2.61. The van der Waals surface area contributed by atoms with Gasteiger partial charge in [0.05, 0.1) is 41.4 Å². The Labute approximate surface area is 193 Å². The van der Waals surface area contributed by atoms with E-state index in [0.29, 0.717) is 22.3 Å². The molecule has 1 N–H and O–H groups in total. The summed E-state index contributed by atoms with van der Waals surface area (Å²) in [6.45, 7) is 4.23. The molecule has 9 nitrogen and oxygen atoms in total. The molecule has 3 fully saturated rings. The smallest absolute Gasteiger partial charge is 0.322 e. The van der Waals surface area contributed by atoms with Crippen molar-refractivity contribution in [2.75, 3.05) is 23.9 Å². The summed E-state index contributed by atoms with van der Waals surface area (Å²) in [6.07, 6.45) is 6.64. The molecule has 1 saturated carbocycles. The summed E-state index contributed by atoms with van der Waals surface area (Å²) in [6, 6.07) is 5.11. The van der Waals surface area contributed by atoms with Crippen molar-refractivity contribution >= 4 is 33.2 Å². The van der Waals surface area contributed by atoms with Crippen LogP contribution in [0.25, 0.3) is 5.69 Å². The lowest BCUT2D eigenvalue weighted by Crippen LogP contribution is -2.76. The summed E-state index contributed by atoms with van der Waals surface area (Å²) in [5, 5.41) is 11.7. The molecule has 1 aromatic carbocycles. The number of sulfone groups is 1. The van der Waals surface area contributed by atoms with E-state index in [1.54, 1.807) is 30.6 Å². The normalized spacial score (nSPS) is 25.8. The van der Waals surface area contributed by atoms with E-state index in [9.17, 15) is 13.2 Å². The quantitative estimate of drug-likeness (QED) is 0.651. The molecule has 174 valence electrons. The van der Waals surface area contributed by atoms with E-state index in [4.69, 9.17) is 16.3 Å². The first kappa shape index (κ1) is 23.0. The Morgan fingerprint density at radius 1 is 1.34 bits per heavy atom. The molecule has 0 spiro atoms. The predicted octanol–water partition coefficient (Wildman–Crippen LogP) is 3.15. The Hall–Kier alpha value is -2.17. The van der Waals surface area contributed by atoms with Crippen LogP contribution in [0.4, 0.5) is 10.5 Å². The molecule has 2 aromatic rings. The number of benzene rings is 1. The van der Waals surface area contributed by atoms with Gasteiger partial charge in [0, 0.05) is 18.0 Å². The van der Waals surface area contributed by atoms with Crippen molar-refractivity contribution in [3.63, 3.8) is 0 Å². The van der Waals surface area contributed by atoms with E-state index in [1.165, 1.54) is 11.1 Å². The van der Waals surface area contributed by atoms with Gasteiger partial charge in [0.15, 0.2) is 0 Å². The lowest BCUT2D eigenvalue weighted by molar-refractivity contribution is -0.162. The molecule has 2 amide bonds. The highest BCUT2D eigenvalue weighted by molar-refractivity contribution is 7.90. The third-order valence-electron chi connectivity index (χ3n) is 6.44. The minimum absolute atomic E-state index is 0.0341. The molecule has 4 unspecified atom stereocenters. The average molecular weight is 482 g/mol. The van der Waals surface area contributed by atoms with Crippen LogP contribution < -0.4 is 5.32 Å². The molecule has 1 aliphatic carbocycles. The molecule has 11 heteroatoms. The average Bonchev–Trinajstić information content (AvgIpc) is 3.22. The van der Waals surface area contributed by atoms with Gasteiger partial charge in [-0.05, 0) is 50.3 Å². The molecule has 5 rings (SSSR count). The van der Waals surface area contributed by atoms with Gasteiger partial charge in [0.2, 0.25) is 0 Å². The van der Waals surface area contributed by atoms with E-state index in [2.05, 4.69) is 22.4 Å². The SMILES string of the molecule is CC1CC2CC(C(C)OCCS(C)(=O)=O)(C1)N2C(=O)Nc1ccc(Cl)c(-n2nccn2)c1. The number of hydrogen-bond acceptors (Lipinski definition) is 6. The molecule has 3 heterocycles. The maximum Gasteiger partial charge on any atom is 0.322 e. The first-order chi connectivity index (χ1) is 15.1. The fourth-order valence-corrected chi connectivity index (χ4v) is 5.66. The van der Waals surface area contributed by atoms with Crippen LogP contribution in [0.1, 0.15) is 33.1 Å². The van der Waals surface area contributed by atoms with Crippen LogP contribution in [0.2, 0.25) is 5.02 Å². The number of ether oxygens (including phenoxy) is 1. The monoisotopic (exact) mass is 481 g/mol. The number of carbonyl (C=O) groups is 1. The Balaban J connectivity index is 1.50. The van der Waals surface area contributed by atoms with Crippen LogP contribution in [-0.4, -0.2) is 70.6 Å². The number of halogens is 1. The van der Waals surface area contributed by atoms with E-state index in [-0.39, 0.29) is 30.5 Å². The Bertz CT molecular complexity index is 1090. The van der Waals surface area contributed by atoms with E-state index >= 15 is 0 Å². The minimum Gasteiger partial charge on any atom is -0.375 e. The number of amides is 2. The molecule has 0 radical (unpaired) electrons. The lowest BCUT2D eigenvalue weighted by atomic mass is 9.62. The van der Waals surface area contributed by atoms with Gasteiger partial charge in [-0.1, -0.05) is 18.5 Å². The van der Waals surface area contributed by atoms with Gasteiger partial charge in [0.25, 0.3) is 0 Å². The van der Waals surface area contributed by atoms with Gasteiger partial charge in [-0.15, -0.1) is 0 Å². The molecule has 2 saturated heterocycles. The van der Waals surface area contributed by atoms with Crippen molar-refractivity contribution in [2.24, 2.45) is 5.92 Å². The van der Waals surface area contributed by atoms with E-state index in [1.807, 2.05) is 11.8 Å². The van der Waals surface area contributed by atoms with Gasteiger partial charge >= 0.3 is 6.03 Å². The van der Waals surface area contributed by atoms with Crippen molar-refractivity contribution in [2.45, 2.75) is 50.8 Å². The highest BCUT2D eigenvalue weighted by Crippen LogP contribution is 2.52. The molecular formula is C21H28ClN5O4S. The number of nitrogens with one attached hydrogen (secondary N) is 1. The number of urea groups is 1. The molecule has 4 atom stereocenters. The first-order valence-electron chi connectivity index (χ1n) is 10.6. The second-order valence-electron chi connectivity index (χ2n) is 8.93. The minimum atomic E-state index is -3.11. The molecule has 2 bridgehead atoms. The Morgan fingerprint density at radius 2 is 2.06 bits per heavy atom. The van der Waals surface area contributed by atoms with Crippen molar-refractivity contribution in [1.29, 1.82) is 0 Å². The maximum atomic E-state index is 13.3. The number of piperidine rings is 1. The zero-order chi connectivity index (χ0) is 23.1. The van der Waals surface area contributed by atoms with Crippen LogP contribution in [0.3, 0.4) is 0 Å². The maximum absolute atomic E-state index is 13.3. The number of aromatic nitrogens is 3. The lowest BCUT2D eigenvalue weighted by Gasteiger charge is -2.65. The van der Waals surface area contributed by atoms with Crippen molar-refractivity contribution < 1.29 is 17.9 Å². The standard InChI is InChI=1S/C21H28ClN5O4S/c1-14-10-17-13-21(12-14,15(2)31-8-9-32(3,29)30)26(17)20(28)25-16-4-5-18(22)19(11-16)27-23-6-7-24-27/h4-7,11,14-15,17H,8-10,12-13H2,1-3H3,(H,25,28). The third kappa shape index (κ3) is 4.49. The molecular weight excluding hydrogens is 454 g/mol. The van der Waals surface area contributed by atoms with Crippen LogP contribution in [0, 0.1) is 5.92 Å². The summed E-state index contributed by atoms with van der Waals surface area (Å²) in [4.78, 5) is 16.6. The molecule has 2 aliphatic heterocycles. The van der Waals surface area contributed by atoms with E-state index in [0.717, 1.165) is 19.3 Å². The second-order valence-corrected chi connectivity index (χ2v) is 11.6. The number of hydrogen-bond donors (Lipinski definition) is 1. The zero-order valence-corrected chi connectivity index (χ0v) is 19.9. The zero-order valence-electron chi connectivity index (χ0n) is 18.4. The predicted molar refractivity (Wildman–Crippen MR) is 122 cm³/mol. The van der Waals surface area contributed by atoms with Crippen LogP contribution in [-0.2, 0) is 14.6 Å². The molecule has 32 heavy (non-hydrogen) atoms. The largest absolute Gasteiger partial charge is 0.375 e. The summed E-state index contributed by atoms with van der Waals surface area (Å²) in [5.41, 5.74) is 0.715. The van der Waals surface area contributed by atoms with Gasteiger partial charge < -0.3 is 15.0 Å². The van der Waals surface area contributed by atoms with Gasteiger partial charge in [-0.3, -0.25) is 0 Å². The first-order valence-corrected chi connectivity index (χ1v) is 13.1. The topological polar surface area (TPSA) is 106 Å². The van der Waals surface area contributed by atoms with E-state index < -0.39 is 15.4 Å². The fraction of sp³-hybridized carbons (Fsp3) is 0.571. The summed E-state index contributed by atoms with van der Waals surface area (Å²) in [5.74, 6) is 0.430. The number of anilines is 1. The summed E-state index contributed by atoms with van der Waals surface area (Å²) >= 11 is 6.28. The Morgan fingerprint density at radius 3 is 2.75 bits per heavy atom. The van der Waals surface area contributed by atoms with Gasteiger partial charge in [-0.25, -0.2) is 13.2 Å². The fourth-order valence-electron chi connectivity index (χ4n) is 5.07. The second kappa shape index (κ2) is 8.64. The molecule has 3 aliphatic rings. The molecule has 1 aromatic heterocycles. The number of fused-ring (bicyclic) bond motifs is 2. The number of carbonyl (C=O) groups excluding carboxylic acids is 1. The summed E-state index contributed by atoms with van der Waals surface area (Å²) in [7, 11) is -3.11. The third-order valence-corrected chi connectivity index (χ3v) is 7.67. The van der Waals surface area contributed by atoms with Crippen molar-refractivity contribution in [1.82, 2.24) is 19.9 Å². The van der Waals surface area contributed by atoms with Crippen molar-refractivity contribution in [3.05, 3.63) is 35.6 Å². The summed E-state index contributed by atoms with van der Waals surface area (Å²) < 4.78 is 28.9.